The average molecular weight is 213 g/mol. The Morgan fingerprint density at radius 3 is 2.80 bits per heavy atom. The highest BCUT2D eigenvalue weighted by molar-refractivity contribution is 5.81. The van der Waals surface area contributed by atoms with Crippen LogP contribution in [-0.4, -0.2) is 55.0 Å². The number of carbonyl (C=O) groups excluding carboxylic acids is 1. The van der Waals surface area contributed by atoms with Crippen molar-refractivity contribution in [3.05, 3.63) is 0 Å². The van der Waals surface area contributed by atoms with Crippen LogP contribution in [-0.2, 0) is 4.79 Å². The molecule has 4 heteroatoms. The van der Waals surface area contributed by atoms with E-state index in [4.69, 9.17) is 5.73 Å². The quantitative estimate of drug-likeness (QED) is 0.729. The van der Waals surface area contributed by atoms with Crippen LogP contribution in [0.5, 0.6) is 0 Å². The van der Waals surface area contributed by atoms with E-state index in [-0.39, 0.29) is 11.9 Å². The normalized spacial score (nSPS) is 24.1. The number of carbonyl (C=O) groups is 1. The van der Waals surface area contributed by atoms with Crippen LogP contribution < -0.4 is 5.73 Å². The molecule has 0 aromatic heterocycles. The second-order valence-electron chi connectivity index (χ2n) is 4.55. The standard InChI is InChI=1S/C11H23N3O/c1-9(6-7-12)14-8-4-5-10(14)11(15)13(2)3/h9-10H,4-8,12H2,1-3H3. The van der Waals surface area contributed by atoms with E-state index in [1.54, 1.807) is 4.90 Å². The Morgan fingerprint density at radius 2 is 2.27 bits per heavy atom. The Labute approximate surface area is 92.4 Å². The monoisotopic (exact) mass is 213 g/mol. The van der Waals surface area contributed by atoms with E-state index in [0.29, 0.717) is 12.6 Å². The fourth-order valence-corrected chi connectivity index (χ4v) is 2.29. The van der Waals surface area contributed by atoms with E-state index in [1.807, 2.05) is 14.1 Å². The van der Waals surface area contributed by atoms with Gasteiger partial charge in [0.25, 0.3) is 0 Å². The number of likely N-dealkylation sites (tertiary alicyclic amines) is 1. The predicted molar refractivity (Wildman–Crippen MR) is 61.6 cm³/mol. The van der Waals surface area contributed by atoms with Gasteiger partial charge in [-0.25, -0.2) is 0 Å². The van der Waals surface area contributed by atoms with Gasteiger partial charge in [-0.2, -0.15) is 0 Å². The molecule has 1 rings (SSSR count). The first-order chi connectivity index (χ1) is 7.07. The number of hydrogen-bond donors (Lipinski definition) is 1. The zero-order valence-electron chi connectivity index (χ0n) is 10.1. The molecule has 2 unspecified atom stereocenters. The van der Waals surface area contributed by atoms with Gasteiger partial charge in [-0.1, -0.05) is 0 Å². The Bertz CT molecular complexity index is 218. The first kappa shape index (κ1) is 12.5. The van der Waals surface area contributed by atoms with Crippen LogP contribution in [0.4, 0.5) is 0 Å². The number of likely N-dealkylation sites (N-methyl/N-ethyl adjacent to an activating group) is 1. The minimum absolute atomic E-state index is 0.0848. The third-order valence-corrected chi connectivity index (χ3v) is 3.17. The van der Waals surface area contributed by atoms with E-state index < -0.39 is 0 Å². The lowest BCUT2D eigenvalue weighted by molar-refractivity contribution is -0.134. The van der Waals surface area contributed by atoms with Crippen molar-refractivity contribution in [2.75, 3.05) is 27.2 Å². The molecular weight excluding hydrogens is 190 g/mol. The van der Waals surface area contributed by atoms with Crippen LogP contribution in [0.3, 0.4) is 0 Å². The summed E-state index contributed by atoms with van der Waals surface area (Å²) in [6.45, 7) is 3.89. The summed E-state index contributed by atoms with van der Waals surface area (Å²) in [5.74, 6) is 0.233. The van der Waals surface area contributed by atoms with Gasteiger partial charge in [0.1, 0.15) is 0 Å². The van der Waals surface area contributed by atoms with E-state index in [9.17, 15) is 4.79 Å². The number of rotatable bonds is 4. The molecule has 0 bridgehead atoms. The summed E-state index contributed by atoms with van der Waals surface area (Å²) in [5, 5.41) is 0. The molecule has 4 nitrogen and oxygen atoms in total. The summed E-state index contributed by atoms with van der Waals surface area (Å²) in [7, 11) is 3.65. The average Bonchev–Trinajstić information content (AvgIpc) is 2.65. The molecule has 1 aliphatic rings. The van der Waals surface area contributed by atoms with E-state index >= 15 is 0 Å². The molecule has 0 radical (unpaired) electrons. The fraction of sp³-hybridized carbons (Fsp3) is 0.909. The molecule has 2 atom stereocenters. The van der Waals surface area contributed by atoms with Gasteiger partial charge in [-0.05, 0) is 39.3 Å². The molecule has 0 saturated carbocycles. The Hall–Kier alpha value is -0.610. The van der Waals surface area contributed by atoms with Gasteiger partial charge in [0.05, 0.1) is 6.04 Å². The number of nitrogens with two attached hydrogens (primary N) is 1. The van der Waals surface area contributed by atoms with E-state index in [1.165, 1.54) is 0 Å². The van der Waals surface area contributed by atoms with Crippen LogP contribution in [0.15, 0.2) is 0 Å². The van der Waals surface area contributed by atoms with Crippen LogP contribution in [0, 0.1) is 0 Å². The second kappa shape index (κ2) is 5.47. The SMILES string of the molecule is CC(CCN)N1CCCC1C(=O)N(C)C. The number of amides is 1. The lowest BCUT2D eigenvalue weighted by atomic mass is 10.1. The van der Waals surface area contributed by atoms with Crippen molar-refractivity contribution in [3.63, 3.8) is 0 Å². The van der Waals surface area contributed by atoms with Gasteiger partial charge in [-0.3, -0.25) is 9.69 Å². The van der Waals surface area contributed by atoms with Crippen molar-refractivity contribution in [1.29, 1.82) is 0 Å². The molecule has 0 aromatic rings. The highest BCUT2D eigenvalue weighted by Gasteiger charge is 2.33. The van der Waals surface area contributed by atoms with Crippen LogP contribution in [0.25, 0.3) is 0 Å². The molecule has 0 aromatic carbocycles. The van der Waals surface area contributed by atoms with E-state index in [0.717, 1.165) is 25.8 Å². The molecule has 0 spiro atoms. The largest absolute Gasteiger partial charge is 0.347 e. The summed E-state index contributed by atoms with van der Waals surface area (Å²) >= 11 is 0. The topological polar surface area (TPSA) is 49.6 Å². The molecular formula is C11H23N3O. The van der Waals surface area contributed by atoms with Crippen molar-refractivity contribution in [1.82, 2.24) is 9.80 Å². The third kappa shape index (κ3) is 2.92. The van der Waals surface area contributed by atoms with Gasteiger partial charge >= 0.3 is 0 Å². The van der Waals surface area contributed by atoms with Crippen LogP contribution in [0.1, 0.15) is 26.2 Å². The maximum atomic E-state index is 11.9. The molecule has 1 heterocycles. The second-order valence-corrected chi connectivity index (χ2v) is 4.55. The molecule has 1 saturated heterocycles. The molecule has 2 N–H and O–H groups in total. The molecule has 88 valence electrons. The molecule has 0 aliphatic carbocycles. The summed E-state index contributed by atoms with van der Waals surface area (Å²) in [5.41, 5.74) is 5.56. The first-order valence-electron chi connectivity index (χ1n) is 5.75. The maximum absolute atomic E-state index is 11.9. The fourth-order valence-electron chi connectivity index (χ4n) is 2.29. The Kier molecular flexibility index (Phi) is 4.54. The van der Waals surface area contributed by atoms with Gasteiger partial charge in [-0.15, -0.1) is 0 Å². The molecule has 15 heavy (non-hydrogen) atoms. The predicted octanol–water partition coefficient (Wildman–Crippen LogP) is 0.276. The molecule has 1 fully saturated rings. The summed E-state index contributed by atoms with van der Waals surface area (Å²) in [6.07, 6.45) is 3.09. The number of hydrogen-bond acceptors (Lipinski definition) is 3. The van der Waals surface area contributed by atoms with Crippen molar-refractivity contribution in [3.8, 4) is 0 Å². The molecule has 1 amide bonds. The molecule has 1 aliphatic heterocycles. The third-order valence-electron chi connectivity index (χ3n) is 3.17. The minimum atomic E-state index is 0.0848. The van der Waals surface area contributed by atoms with Gasteiger partial charge in [0.2, 0.25) is 5.91 Å². The van der Waals surface area contributed by atoms with Crippen molar-refractivity contribution < 1.29 is 4.79 Å². The minimum Gasteiger partial charge on any atom is -0.347 e. The van der Waals surface area contributed by atoms with Crippen molar-refractivity contribution >= 4 is 5.91 Å². The number of nitrogens with zero attached hydrogens (tertiary/aromatic N) is 2. The Morgan fingerprint density at radius 1 is 1.60 bits per heavy atom. The lowest BCUT2D eigenvalue weighted by Crippen LogP contribution is -2.46. The van der Waals surface area contributed by atoms with Crippen molar-refractivity contribution in [2.45, 2.75) is 38.3 Å². The zero-order valence-corrected chi connectivity index (χ0v) is 10.1. The van der Waals surface area contributed by atoms with Gasteiger partial charge in [0.15, 0.2) is 0 Å². The van der Waals surface area contributed by atoms with Crippen molar-refractivity contribution in [2.24, 2.45) is 5.73 Å². The lowest BCUT2D eigenvalue weighted by Gasteiger charge is -2.31. The zero-order chi connectivity index (χ0) is 11.4. The van der Waals surface area contributed by atoms with Gasteiger partial charge in [0, 0.05) is 20.1 Å². The van der Waals surface area contributed by atoms with Gasteiger partial charge < -0.3 is 10.6 Å². The smallest absolute Gasteiger partial charge is 0.239 e. The Balaban J connectivity index is 2.60. The summed E-state index contributed by atoms with van der Waals surface area (Å²) in [4.78, 5) is 15.9. The van der Waals surface area contributed by atoms with E-state index in [2.05, 4.69) is 11.8 Å². The highest BCUT2D eigenvalue weighted by atomic mass is 16.2. The van der Waals surface area contributed by atoms with Crippen LogP contribution >= 0.6 is 0 Å². The first-order valence-corrected chi connectivity index (χ1v) is 5.75. The maximum Gasteiger partial charge on any atom is 0.239 e. The summed E-state index contributed by atoms with van der Waals surface area (Å²) in [6, 6.07) is 0.507. The van der Waals surface area contributed by atoms with Crippen LogP contribution in [0.2, 0.25) is 0 Å². The summed E-state index contributed by atoms with van der Waals surface area (Å²) < 4.78 is 0. The highest BCUT2D eigenvalue weighted by Crippen LogP contribution is 2.22.